The van der Waals surface area contributed by atoms with Gasteiger partial charge in [0.2, 0.25) is 0 Å². The van der Waals surface area contributed by atoms with Gasteiger partial charge in [0.15, 0.2) is 0 Å². The van der Waals surface area contributed by atoms with Crippen LogP contribution in [-0.2, 0) is 10.9 Å². The van der Waals surface area contributed by atoms with Gasteiger partial charge in [-0.25, -0.2) is 14.8 Å². The Morgan fingerprint density at radius 1 is 1.26 bits per heavy atom. The zero-order valence-electron chi connectivity index (χ0n) is 12.7. The van der Waals surface area contributed by atoms with Gasteiger partial charge in [0.1, 0.15) is 22.9 Å². The lowest BCUT2D eigenvalue weighted by atomic mass is 10.2. The number of hydrogen-bond donors (Lipinski definition) is 2. The van der Waals surface area contributed by atoms with Crippen molar-refractivity contribution in [1.29, 1.82) is 0 Å². The van der Waals surface area contributed by atoms with Crippen LogP contribution in [0.2, 0.25) is 0 Å². The van der Waals surface area contributed by atoms with Crippen LogP contribution in [0.3, 0.4) is 0 Å². The first kappa shape index (κ1) is 16.8. The maximum atomic E-state index is 12.6. The third-order valence-electron chi connectivity index (χ3n) is 2.56. The Bertz CT molecular complexity index is 705. The number of amides is 1. The molecule has 0 aliphatic carbocycles. The minimum atomic E-state index is -4.54. The van der Waals surface area contributed by atoms with Crippen molar-refractivity contribution in [3.05, 3.63) is 30.2 Å². The molecule has 0 aromatic carbocycles. The number of imidazole rings is 1. The van der Waals surface area contributed by atoms with Crippen LogP contribution < -0.4 is 5.32 Å². The van der Waals surface area contributed by atoms with Gasteiger partial charge in [-0.05, 0) is 32.9 Å². The summed E-state index contributed by atoms with van der Waals surface area (Å²) in [7, 11) is 0. The number of rotatable bonds is 2. The van der Waals surface area contributed by atoms with Gasteiger partial charge in [-0.15, -0.1) is 0 Å². The zero-order chi connectivity index (χ0) is 17.3. The predicted octanol–water partition coefficient (Wildman–Crippen LogP) is 3.84. The standard InChI is InChI=1S/C14H15F3N4O2/c1-13(2,3)23-12(22)21-10-8(5-4-6-18-10)11-19-7-9(20-11)14(15,16)17/h4-7H,1-3H3,(H,19,20)(H,18,21,22). The van der Waals surface area contributed by atoms with E-state index in [-0.39, 0.29) is 17.2 Å². The number of ether oxygens (including phenoxy) is 1. The number of anilines is 1. The number of carbonyl (C=O) groups is 1. The average Bonchev–Trinajstić information content (AvgIpc) is 2.86. The van der Waals surface area contributed by atoms with Gasteiger partial charge in [-0.1, -0.05) is 0 Å². The predicted molar refractivity (Wildman–Crippen MR) is 76.7 cm³/mol. The van der Waals surface area contributed by atoms with Crippen molar-refractivity contribution < 1.29 is 22.7 Å². The molecule has 0 unspecified atom stereocenters. The van der Waals surface area contributed by atoms with E-state index in [0.29, 0.717) is 6.20 Å². The van der Waals surface area contributed by atoms with Crippen LogP contribution >= 0.6 is 0 Å². The van der Waals surface area contributed by atoms with E-state index in [0.717, 1.165) is 0 Å². The van der Waals surface area contributed by atoms with E-state index in [2.05, 4.69) is 20.3 Å². The van der Waals surface area contributed by atoms with E-state index in [4.69, 9.17) is 4.74 Å². The number of nitrogens with one attached hydrogen (secondary N) is 2. The van der Waals surface area contributed by atoms with Crippen molar-refractivity contribution in [3.63, 3.8) is 0 Å². The van der Waals surface area contributed by atoms with Crippen molar-refractivity contribution in [2.75, 3.05) is 5.32 Å². The second kappa shape index (κ2) is 5.90. The largest absolute Gasteiger partial charge is 0.444 e. The Morgan fingerprint density at radius 3 is 2.52 bits per heavy atom. The maximum absolute atomic E-state index is 12.6. The highest BCUT2D eigenvalue weighted by atomic mass is 19.4. The minimum Gasteiger partial charge on any atom is -0.444 e. The Labute approximate surface area is 130 Å². The molecule has 2 N–H and O–H groups in total. The number of halogens is 3. The molecule has 0 aliphatic rings. The Balaban J connectivity index is 2.28. The topological polar surface area (TPSA) is 79.9 Å². The summed E-state index contributed by atoms with van der Waals surface area (Å²) in [6.07, 6.45) is -3.23. The normalized spacial score (nSPS) is 12.1. The van der Waals surface area contributed by atoms with Crippen molar-refractivity contribution in [3.8, 4) is 11.4 Å². The van der Waals surface area contributed by atoms with Crippen molar-refractivity contribution in [2.24, 2.45) is 0 Å². The zero-order valence-corrected chi connectivity index (χ0v) is 12.7. The van der Waals surface area contributed by atoms with Gasteiger partial charge >= 0.3 is 12.3 Å². The second-order valence-corrected chi connectivity index (χ2v) is 5.67. The molecule has 0 fully saturated rings. The van der Waals surface area contributed by atoms with Gasteiger partial charge in [0.05, 0.1) is 11.8 Å². The number of hydrogen-bond acceptors (Lipinski definition) is 4. The van der Waals surface area contributed by atoms with Gasteiger partial charge in [-0.2, -0.15) is 13.2 Å². The summed E-state index contributed by atoms with van der Waals surface area (Å²) in [5.74, 6) is -0.0127. The highest BCUT2D eigenvalue weighted by molar-refractivity contribution is 5.88. The third kappa shape index (κ3) is 4.44. The first-order chi connectivity index (χ1) is 10.6. The van der Waals surface area contributed by atoms with Gasteiger partial charge in [0.25, 0.3) is 0 Å². The summed E-state index contributed by atoms with van der Waals surface area (Å²) in [5, 5.41) is 2.40. The smallest absolute Gasteiger partial charge is 0.432 e. The average molecular weight is 328 g/mol. The molecule has 0 saturated carbocycles. The second-order valence-electron chi connectivity index (χ2n) is 5.67. The molecule has 0 atom stereocenters. The SMILES string of the molecule is CC(C)(C)OC(=O)Nc1ncccc1-c1ncc(C(F)(F)F)[nH]1. The molecule has 6 nitrogen and oxygen atoms in total. The molecule has 0 bridgehead atoms. The first-order valence-electron chi connectivity index (χ1n) is 6.64. The molecule has 1 amide bonds. The van der Waals surface area contributed by atoms with Crippen molar-refractivity contribution in [2.45, 2.75) is 32.5 Å². The lowest BCUT2D eigenvalue weighted by Gasteiger charge is -2.19. The summed E-state index contributed by atoms with van der Waals surface area (Å²) in [6, 6.07) is 3.00. The monoisotopic (exact) mass is 328 g/mol. The summed E-state index contributed by atoms with van der Waals surface area (Å²) in [5.41, 5.74) is -1.49. The van der Waals surface area contributed by atoms with Crippen molar-refractivity contribution >= 4 is 11.9 Å². The molecule has 2 aromatic heterocycles. The molecule has 2 aromatic rings. The molecular weight excluding hydrogens is 313 g/mol. The van der Waals surface area contributed by atoms with Gasteiger partial charge in [0, 0.05) is 6.20 Å². The third-order valence-corrected chi connectivity index (χ3v) is 2.56. The lowest BCUT2D eigenvalue weighted by molar-refractivity contribution is -0.140. The number of aromatic nitrogens is 3. The number of pyridine rings is 1. The first-order valence-corrected chi connectivity index (χ1v) is 6.64. The molecule has 2 heterocycles. The summed E-state index contributed by atoms with van der Waals surface area (Å²) in [6.45, 7) is 5.07. The van der Waals surface area contributed by atoms with Crippen molar-refractivity contribution in [1.82, 2.24) is 15.0 Å². The molecule has 23 heavy (non-hydrogen) atoms. The quantitative estimate of drug-likeness (QED) is 0.878. The van der Waals surface area contributed by atoms with E-state index < -0.39 is 23.6 Å². The molecule has 124 valence electrons. The Hall–Kier alpha value is -2.58. The van der Waals surface area contributed by atoms with Gasteiger partial charge in [-0.3, -0.25) is 5.32 Å². The number of carbonyl (C=O) groups excluding carboxylic acids is 1. The van der Waals surface area contributed by atoms with Crippen LogP contribution in [0, 0.1) is 0 Å². The molecule has 0 aliphatic heterocycles. The summed E-state index contributed by atoms with van der Waals surface area (Å²) >= 11 is 0. The molecule has 0 spiro atoms. The fourth-order valence-electron chi connectivity index (χ4n) is 1.70. The van der Waals surface area contributed by atoms with Crippen LogP contribution in [-0.4, -0.2) is 26.6 Å². The maximum Gasteiger partial charge on any atom is 0.432 e. The van der Waals surface area contributed by atoms with E-state index >= 15 is 0 Å². The highest BCUT2D eigenvalue weighted by Crippen LogP contribution is 2.31. The van der Waals surface area contributed by atoms with E-state index in [1.54, 1.807) is 20.8 Å². The molecule has 0 saturated heterocycles. The summed E-state index contributed by atoms with van der Waals surface area (Å²) in [4.78, 5) is 21.6. The van der Waals surface area contributed by atoms with Crippen LogP contribution in [0.15, 0.2) is 24.5 Å². The number of nitrogens with zero attached hydrogens (tertiary/aromatic N) is 2. The minimum absolute atomic E-state index is 0.0461. The fourth-order valence-corrected chi connectivity index (χ4v) is 1.70. The van der Waals surface area contributed by atoms with Crippen LogP contribution in [0.5, 0.6) is 0 Å². The molecule has 2 rings (SSSR count). The highest BCUT2D eigenvalue weighted by Gasteiger charge is 2.33. The van der Waals surface area contributed by atoms with E-state index in [1.165, 1.54) is 18.3 Å². The van der Waals surface area contributed by atoms with E-state index in [9.17, 15) is 18.0 Å². The number of aromatic amines is 1. The fraction of sp³-hybridized carbons (Fsp3) is 0.357. The molecular formula is C14H15F3N4O2. The van der Waals surface area contributed by atoms with Crippen LogP contribution in [0.4, 0.5) is 23.8 Å². The van der Waals surface area contributed by atoms with Gasteiger partial charge < -0.3 is 9.72 Å². The van der Waals surface area contributed by atoms with Crippen LogP contribution in [0.1, 0.15) is 26.5 Å². The summed E-state index contributed by atoms with van der Waals surface area (Å²) < 4.78 is 43.0. The molecule has 0 radical (unpaired) electrons. The number of H-pyrrole nitrogens is 1. The Morgan fingerprint density at radius 2 is 1.96 bits per heavy atom. The lowest BCUT2D eigenvalue weighted by Crippen LogP contribution is -2.27. The van der Waals surface area contributed by atoms with Crippen LogP contribution in [0.25, 0.3) is 11.4 Å². The number of alkyl halides is 3. The Kier molecular flexibility index (Phi) is 4.31. The molecule has 9 heteroatoms. The van der Waals surface area contributed by atoms with E-state index in [1.807, 2.05) is 0 Å².